The second-order valence-electron chi connectivity index (χ2n) is 16.7. The molecule has 0 saturated carbocycles. The number of benzene rings is 3. The lowest BCUT2D eigenvalue weighted by Gasteiger charge is -2.41. The quantitative estimate of drug-likeness (QED) is 0.308. The molecule has 0 bridgehead atoms. The number of rotatable bonds is 7. The van der Waals surface area contributed by atoms with Crippen molar-refractivity contribution >= 4 is 29.1 Å². The van der Waals surface area contributed by atoms with Crippen molar-refractivity contribution in [1.82, 2.24) is 15.1 Å². The van der Waals surface area contributed by atoms with Crippen LogP contribution in [0, 0.1) is 23.6 Å². The highest BCUT2D eigenvalue weighted by Gasteiger charge is 2.40. The number of fused-ring (bicyclic) bond motifs is 2. The summed E-state index contributed by atoms with van der Waals surface area (Å²) >= 11 is 0. The number of hydrogen-bond donors (Lipinski definition) is 2. The topological polar surface area (TPSA) is 106 Å². The van der Waals surface area contributed by atoms with Crippen LogP contribution in [0.4, 0.5) is 15.8 Å². The Balaban J connectivity index is 0.787. The van der Waals surface area contributed by atoms with Crippen LogP contribution >= 0.6 is 0 Å². The first kappa shape index (κ1) is 36.2. The summed E-state index contributed by atoms with van der Waals surface area (Å²) in [5.41, 5.74) is 6.74. The van der Waals surface area contributed by atoms with Crippen LogP contribution in [-0.2, 0) is 27.3 Å². The lowest BCUT2D eigenvalue weighted by molar-refractivity contribution is -0.136. The smallest absolute Gasteiger partial charge is 0.255 e. The summed E-state index contributed by atoms with van der Waals surface area (Å²) < 4.78 is 22.0. The van der Waals surface area contributed by atoms with E-state index in [9.17, 15) is 19.5 Å². The van der Waals surface area contributed by atoms with Gasteiger partial charge in [0.1, 0.15) is 17.6 Å². The fraction of sp³-hybridized carbons (Fsp3) is 0.523. The zero-order chi connectivity index (χ0) is 37.6. The fourth-order valence-electron chi connectivity index (χ4n) is 10.5. The van der Waals surface area contributed by atoms with Crippen molar-refractivity contribution in [2.45, 2.75) is 69.9 Å². The van der Waals surface area contributed by atoms with Gasteiger partial charge in [0.25, 0.3) is 5.91 Å². The van der Waals surface area contributed by atoms with Gasteiger partial charge >= 0.3 is 0 Å². The van der Waals surface area contributed by atoms with Crippen molar-refractivity contribution < 1.29 is 28.6 Å². The summed E-state index contributed by atoms with van der Waals surface area (Å²) in [4.78, 5) is 46.2. The van der Waals surface area contributed by atoms with Gasteiger partial charge in [0.15, 0.2) is 0 Å². The molecule has 3 aromatic rings. The van der Waals surface area contributed by atoms with E-state index < -0.39 is 6.04 Å². The number of carbonyl (C=O) groups excluding carboxylic acids is 3. The molecule has 4 fully saturated rings. The first-order valence-corrected chi connectivity index (χ1v) is 20.5. The van der Waals surface area contributed by atoms with Crippen molar-refractivity contribution in [2.24, 2.45) is 17.8 Å². The molecule has 5 aliphatic heterocycles. The Labute approximate surface area is 322 Å². The van der Waals surface area contributed by atoms with E-state index in [1.165, 1.54) is 0 Å². The lowest BCUT2D eigenvalue weighted by atomic mass is 9.65. The van der Waals surface area contributed by atoms with Gasteiger partial charge < -0.3 is 24.5 Å². The van der Waals surface area contributed by atoms with E-state index in [-0.39, 0.29) is 41.6 Å². The van der Waals surface area contributed by atoms with Gasteiger partial charge in [-0.05, 0) is 127 Å². The molecule has 0 aromatic heterocycles. The number of ether oxygens (including phenoxy) is 1. The number of piperidine rings is 2. The number of phenolic OH excluding ortho intramolecular Hbond substituents is 1. The highest BCUT2D eigenvalue weighted by molar-refractivity contribution is 6.05. The summed E-state index contributed by atoms with van der Waals surface area (Å²) in [7, 11) is 0. The molecule has 3 atom stereocenters. The SMILES string of the molecule is O=C1CCC(N2Cc3cc(N4CCN(CC5CCN(c6ccc(C7c8ccc(O)cc8CCC7C7CCOCC7)c(F)c6)CC5)CC4)ccc3C2=O)C(=O)N1. The molecule has 3 unspecified atom stereocenters. The van der Waals surface area contributed by atoms with Crippen molar-refractivity contribution in [1.29, 1.82) is 0 Å². The largest absolute Gasteiger partial charge is 0.508 e. The highest BCUT2D eigenvalue weighted by Crippen LogP contribution is 2.48. The third kappa shape index (κ3) is 7.21. The lowest BCUT2D eigenvalue weighted by Crippen LogP contribution is -2.52. The molecule has 6 aliphatic rings. The third-order valence-corrected chi connectivity index (χ3v) is 13.6. The number of aromatic hydroxyl groups is 1. The van der Waals surface area contributed by atoms with E-state index >= 15 is 4.39 Å². The summed E-state index contributed by atoms with van der Waals surface area (Å²) in [6.07, 6.45) is 6.73. The average Bonchev–Trinajstić information content (AvgIpc) is 3.53. The maximum Gasteiger partial charge on any atom is 0.255 e. The molecule has 10 nitrogen and oxygen atoms in total. The molecule has 4 saturated heterocycles. The predicted molar refractivity (Wildman–Crippen MR) is 208 cm³/mol. The van der Waals surface area contributed by atoms with Gasteiger partial charge in [0.05, 0.1) is 0 Å². The Kier molecular flexibility index (Phi) is 10.0. The number of aryl methyl sites for hydroxylation is 1. The molecule has 2 N–H and O–H groups in total. The summed E-state index contributed by atoms with van der Waals surface area (Å²) in [5, 5.41) is 12.6. The fourth-order valence-corrected chi connectivity index (χ4v) is 10.5. The molecule has 3 amide bonds. The van der Waals surface area contributed by atoms with Crippen molar-refractivity contribution in [2.75, 3.05) is 68.8 Å². The van der Waals surface area contributed by atoms with Crippen molar-refractivity contribution in [3.8, 4) is 5.75 Å². The first-order chi connectivity index (χ1) is 26.8. The summed E-state index contributed by atoms with van der Waals surface area (Å²) in [6, 6.07) is 17.0. The summed E-state index contributed by atoms with van der Waals surface area (Å²) in [5.74, 6) is 0.807. The average molecular weight is 750 g/mol. The monoisotopic (exact) mass is 749 g/mol. The van der Waals surface area contributed by atoms with Gasteiger partial charge in [-0.2, -0.15) is 0 Å². The van der Waals surface area contributed by atoms with Crippen LogP contribution in [0.2, 0.25) is 0 Å². The number of amides is 3. The Bertz CT molecular complexity index is 1950. The summed E-state index contributed by atoms with van der Waals surface area (Å²) in [6.45, 7) is 8.63. The van der Waals surface area contributed by atoms with Crippen LogP contribution in [0.15, 0.2) is 54.6 Å². The molecule has 9 rings (SSSR count). The van der Waals surface area contributed by atoms with Crippen LogP contribution in [0.25, 0.3) is 0 Å². The van der Waals surface area contributed by atoms with Crippen molar-refractivity contribution in [3.05, 3.63) is 88.2 Å². The normalized spacial score (nSPS) is 25.6. The molecule has 5 heterocycles. The van der Waals surface area contributed by atoms with E-state index in [1.807, 2.05) is 30.3 Å². The Morgan fingerprint density at radius 2 is 1.47 bits per heavy atom. The number of piperazine rings is 1. The number of carbonyl (C=O) groups is 3. The second kappa shape index (κ2) is 15.2. The van der Waals surface area contributed by atoms with Gasteiger partial charge in [-0.1, -0.05) is 12.1 Å². The number of hydrogen-bond acceptors (Lipinski definition) is 8. The van der Waals surface area contributed by atoms with Crippen LogP contribution in [0.5, 0.6) is 5.75 Å². The Hall–Kier alpha value is -4.48. The molecular weight excluding hydrogens is 698 g/mol. The van der Waals surface area contributed by atoms with Gasteiger partial charge in [-0.3, -0.25) is 24.6 Å². The third-order valence-electron chi connectivity index (χ3n) is 13.6. The molecule has 1 aliphatic carbocycles. The van der Waals surface area contributed by atoms with E-state index in [4.69, 9.17) is 4.74 Å². The van der Waals surface area contributed by atoms with Gasteiger partial charge in [-0.15, -0.1) is 0 Å². The standard InChI is InChI=1S/C44H52FN5O5/c45-39-25-33(3-7-38(39)42-35(29-13-21-55-22-14-29)5-1-30-24-34(51)4-8-36(30)42)48-15-11-28(12-16-48)26-47-17-19-49(20-18-47)32-2-6-37-31(23-32)27-50(44(37)54)40-9-10-41(52)46-43(40)53/h2-4,6-8,23-25,28-29,35,40,42,51H,1,5,9-22,26-27H2,(H,46,52,53). The Morgan fingerprint density at radius 3 is 2.24 bits per heavy atom. The van der Waals surface area contributed by atoms with Crippen LogP contribution < -0.4 is 15.1 Å². The number of nitrogens with one attached hydrogen (secondary N) is 1. The molecule has 290 valence electrons. The molecular formula is C44H52FN5O5. The number of halogens is 1. The molecule has 3 aromatic carbocycles. The van der Waals surface area contributed by atoms with Crippen LogP contribution in [0.1, 0.15) is 83.5 Å². The first-order valence-electron chi connectivity index (χ1n) is 20.5. The zero-order valence-corrected chi connectivity index (χ0v) is 31.6. The minimum Gasteiger partial charge on any atom is -0.508 e. The molecule has 0 spiro atoms. The van der Waals surface area contributed by atoms with E-state index in [0.717, 1.165) is 131 Å². The van der Waals surface area contributed by atoms with Gasteiger partial charge in [0.2, 0.25) is 11.8 Å². The van der Waals surface area contributed by atoms with Crippen molar-refractivity contribution in [3.63, 3.8) is 0 Å². The number of imide groups is 1. The zero-order valence-electron chi connectivity index (χ0n) is 31.6. The molecule has 55 heavy (non-hydrogen) atoms. The molecule has 0 radical (unpaired) electrons. The maximum atomic E-state index is 16.3. The van der Waals surface area contributed by atoms with E-state index in [2.05, 4.69) is 32.1 Å². The number of phenols is 1. The maximum absolute atomic E-state index is 16.3. The highest BCUT2D eigenvalue weighted by atomic mass is 19.1. The van der Waals surface area contributed by atoms with Gasteiger partial charge in [-0.25, -0.2) is 4.39 Å². The Morgan fingerprint density at radius 1 is 0.745 bits per heavy atom. The molecule has 11 heteroatoms. The minimum absolute atomic E-state index is 0.0186. The minimum atomic E-state index is -0.601. The predicted octanol–water partition coefficient (Wildman–Crippen LogP) is 5.45. The van der Waals surface area contributed by atoms with Crippen LogP contribution in [0.3, 0.4) is 0 Å². The number of nitrogens with zero attached hydrogens (tertiary/aromatic N) is 4. The second-order valence-corrected chi connectivity index (χ2v) is 16.7. The van der Waals surface area contributed by atoms with Gasteiger partial charge in [0, 0.05) is 94.8 Å². The van der Waals surface area contributed by atoms with E-state index in [1.54, 1.807) is 17.0 Å². The van der Waals surface area contributed by atoms with E-state index in [0.29, 0.717) is 36.3 Å². The number of anilines is 2. The van der Waals surface area contributed by atoms with Crippen LogP contribution in [-0.4, -0.2) is 97.7 Å².